The van der Waals surface area contributed by atoms with Crippen LogP contribution in [0.1, 0.15) is 6.92 Å². The van der Waals surface area contributed by atoms with E-state index < -0.39 is 22.8 Å². The van der Waals surface area contributed by atoms with E-state index in [1.807, 2.05) is 0 Å². The summed E-state index contributed by atoms with van der Waals surface area (Å²) >= 11 is 0. The van der Waals surface area contributed by atoms with Crippen molar-refractivity contribution in [1.29, 1.82) is 0 Å². The lowest BCUT2D eigenvalue weighted by atomic mass is 10.2. The number of nitro groups is 1. The predicted octanol–water partition coefficient (Wildman–Crippen LogP) is 0.424. The van der Waals surface area contributed by atoms with Crippen LogP contribution in [0.5, 0.6) is 0 Å². The second kappa shape index (κ2) is 6.45. The number of amides is 1. The van der Waals surface area contributed by atoms with Crippen LogP contribution in [0, 0.1) is 10.1 Å². The quantitative estimate of drug-likeness (QED) is 0.345. The van der Waals surface area contributed by atoms with Crippen molar-refractivity contribution in [3.8, 4) is 0 Å². The summed E-state index contributed by atoms with van der Waals surface area (Å²) in [6.07, 6.45) is 0. The average molecular weight is 267 g/mol. The lowest BCUT2D eigenvalue weighted by molar-refractivity contribution is -0.383. The van der Waals surface area contributed by atoms with Gasteiger partial charge in [0.05, 0.1) is 11.5 Å². The number of nitro benzene ring substituents is 1. The van der Waals surface area contributed by atoms with Crippen LogP contribution >= 0.6 is 0 Å². The zero-order chi connectivity index (χ0) is 14.4. The number of esters is 1. The summed E-state index contributed by atoms with van der Waals surface area (Å²) in [6, 6.07) is 4.01. The van der Waals surface area contributed by atoms with E-state index in [4.69, 9.17) is 5.73 Å². The summed E-state index contributed by atoms with van der Waals surface area (Å²) in [5.41, 5.74) is 5.05. The summed E-state index contributed by atoms with van der Waals surface area (Å²) in [5, 5.41) is 13.0. The molecule has 1 atom stereocenters. The van der Waals surface area contributed by atoms with Gasteiger partial charge in [0.1, 0.15) is 5.69 Å². The Hall–Kier alpha value is -2.48. The number of ether oxygens (including phenoxy) is 1. The van der Waals surface area contributed by atoms with Gasteiger partial charge in [-0.2, -0.15) is 0 Å². The van der Waals surface area contributed by atoms with E-state index >= 15 is 0 Å². The molecule has 102 valence electrons. The first-order valence-electron chi connectivity index (χ1n) is 5.43. The van der Waals surface area contributed by atoms with Gasteiger partial charge in [-0.25, -0.2) is 4.79 Å². The van der Waals surface area contributed by atoms with Crippen LogP contribution in [-0.2, 0) is 14.3 Å². The fourth-order valence-electron chi connectivity index (χ4n) is 1.29. The molecule has 0 radical (unpaired) electrons. The topological polar surface area (TPSA) is 125 Å². The van der Waals surface area contributed by atoms with Crippen LogP contribution in [0.3, 0.4) is 0 Å². The third-order valence-electron chi connectivity index (χ3n) is 2.18. The van der Waals surface area contributed by atoms with Gasteiger partial charge in [0.2, 0.25) is 0 Å². The van der Waals surface area contributed by atoms with Crippen LogP contribution in [0.15, 0.2) is 24.3 Å². The first-order chi connectivity index (χ1) is 8.97. The fourth-order valence-corrected chi connectivity index (χ4v) is 1.29. The van der Waals surface area contributed by atoms with Gasteiger partial charge >= 0.3 is 5.97 Å². The monoisotopic (exact) mass is 267 g/mol. The predicted molar refractivity (Wildman–Crippen MR) is 66.3 cm³/mol. The van der Waals surface area contributed by atoms with Crippen molar-refractivity contribution in [2.45, 2.75) is 13.0 Å². The zero-order valence-electron chi connectivity index (χ0n) is 10.2. The van der Waals surface area contributed by atoms with Gasteiger partial charge in [0, 0.05) is 6.07 Å². The maximum absolute atomic E-state index is 11.6. The summed E-state index contributed by atoms with van der Waals surface area (Å²) < 4.78 is 4.58. The number of nitrogens with zero attached hydrogens (tertiary/aromatic N) is 1. The molecule has 8 nitrogen and oxygen atoms in total. The van der Waals surface area contributed by atoms with Crippen LogP contribution in [0.2, 0.25) is 0 Å². The lowest BCUT2D eigenvalue weighted by Gasteiger charge is -2.11. The molecule has 1 aromatic carbocycles. The van der Waals surface area contributed by atoms with Gasteiger partial charge in [0.15, 0.2) is 6.04 Å². The molecule has 3 N–H and O–H groups in total. The Morgan fingerprint density at radius 1 is 1.47 bits per heavy atom. The van der Waals surface area contributed by atoms with Crippen molar-refractivity contribution in [3.63, 3.8) is 0 Å². The Balaban J connectivity index is 2.83. The Morgan fingerprint density at radius 3 is 2.68 bits per heavy atom. The van der Waals surface area contributed by atoms with Gasteiger partial charge in [-0.15, -0.1) is 0 Å². The Bertz CT molecular complexity index is 503. The van der Waals surface area contributed by atoms with E-state index in [0.717, 1.165) is 0 Å². The highest BCUT2D eigenvalue weighted by molar-refractivity contribution is 6.08. The highest BCUT2D eigenvalue weighted by Gasteiger charge is 2.25. The van der Waals surface area contributed by atoms with Crippen molar-refractivity contribution in [2.75, 3.05) is 11.9 Å². The van der Waals surface area contributed by atoms with E-state index in [1.165, 1.54) is 24.3 Å². The summed E-state index contributed by atoms with van der Waals surface area (Å²) in [4.78, 5) is 33.0. The van der Waals surface area contributed by atoms with E-state index in [9.17, 15) is 19.7 Å². The number of nitrogens with two attached hydrogens (primary N) is 1. The van der Waals surface area contributed by atoms with E-state index in [0.29, 0.717) is 0 Å². The molecule has 19 heavy (non-hydrogen) atoms. The number of carbonyl (C=O) groups excluding carboxylic acids is 2. The highest BCUT2D eigenvalue weighted by atomic mass is 16.6. The zero-order valence-corrected chi connectivity index (χ0v) is 10.2. The Labute approximate surface area is 108 Å². The molecule has 1 rings (SSSR count). The summed E-state index contributed by atoms with van der Waals surface area (Å²) in [5.74, 6) is -1.76. The molecule has 0 bridgehead atoms. The largest absolute Gasteiger partial charge is 0.464 e. The first-order valence-corrected chi connectivity index (χ1v) is 5.43. The number of anilines is 1. The average Bonchev–Trinajstić information content (AvgIpc) is 2.38. The minimum absolute atomic E-state index is 0.0303. The van der Waals surface area contributed by atoms with E-state index in [1.54, 1.807) is 6.92 Å². The van der Waals surface area contributed by atoms with Gasteiger partial charge in [-0.05, 0) is 13.0 Å². The standard InChI is InChI=1S/C11H13N3O5/c1-2-19-11(16)9(12)10(15)13-7-5-3-4-6-8(7)14(17)18/h3-6,9H,2,12H2,1H3,(H,13,15). The number of hydrogen-bond acceptors (Lipinski definition) is 6. The number of rotatable bonds is 5. The van der Waals surface area contributed by atoms with Crippen molar-refractivity contribution in [3.05, 3.63) is 34.4 Å². The number of benzene rings is 1. The summed E-state index contributed by atoms with van der Waals surface area (Å²) in [7, 11) is 0. The first kappa shape index (κ1) is 14.6. The highest BCUT2D eigenvalue weighted by Crippen LogP contribution is 2.23. The minimum atomic E-state index is -1.53. The van der Waals surface area contributed by atoms with Gasteiger partial charge < -0.3 is 15.8 Å². The second-order valence-corrected chi connectivity index (χ2v) is 3.49. The van der Waals surface area contributed by atoms with Crippen LogP contribution < -0.4 is 11.1 Å². The molecule has 0 saturated carbocycles. The van der Waals surface area contributed by atoms with Crippen molar-refractivity contribution < 1.29 is 19.2 Å². The molecule has 0 fully saturated rings. The number of hydrogen-bond donors (Lipinski definition) is 2. The molecule has 0 spiro atoms. The smallest absolute Gasteiger partial charge is 0.332 e. The van der Waals surface area contributed by atoms with Gasteiger partial charge in [0.25, 0.3) is 11.6 Å². The number of carbonyl (C=O) groups is 2. The van der Waals surface area contributed by atoms with E-state index in [-0.39, 0.29) is 18.0 Å². The fraction of sp³-hybridized carbons (Fsp3) is 0.273. The second-order valence-electron chi connectivity index (χ2n) is 3.49. The van der Waals surface area contributed by atoms with Crippen LogP contribution in [0.4, 0.5) is 11.4 Å². The maximum atomic E-state index is 11.6. The molecule has 0 aliphatic rings. The summed E-state index contributed by atoms with van der Waals surface area (Å²) in [6.45, 7) is 1.66. The third kappa shape index (κ3) is 3.75. The molecule has 0 aromatic heterocycles. The van der Waals surface area contributed by atoms with Crippen molar-refractivity contribution in [2.24, 2.45) is 5.73 Å². The van der Waals surface area contributed by atoms with Crippen molar-refractivity contribution in [1.82, 2.24) is 0 Å². The Kier molecular flexibility index (Phi) is 4.95. The van der Waals surface area contributed by atoms with Crippen LogP contribution in [0.25, 0.3) is 0 Å². The lowest BCUT2D eigenvalue weighted by Crippen LogP contribution is -2.43. The molecule has 8 heteroatoms. The molecule has 0 heterocycles. The molecule has 1 amide bonds. The van der Waals surface area contributed by atoms with Gasteiger partial charge in [-0.3, -0.25) is 14.9 Å². The molecule has 1 aromatic rings. The molecule has 0 aliphatic carbocycles. The van der Waals surface area contributed by atoms with E-state index in [2.05, 4.69) is 10.1 Å². The van der Waals surface area contributed by atoms with Crippen LogP contribution in [-0.4, -0.2) is 29.4 Å². The molecule has 0 aliphatic heterocycles. The van der Waals surface area contributed by atoms with Gasteiger partial charge in [-0.1, -0.05) is 12.1 Å². The number of nitrogens with one attached hydrogen (secondary N) is 1. The molecular formula is C11H13N3O5. The third-order valence-corrected chi connectivity index (χ3v) is 2.18. The normalized spacial score (nSPS) is 11.5. The SMILES string of the molecule is CCOC(=O)C(N)C(=O)Nc1ccccc1[N+](=O)[O-]. The minimum Gasteiger partial charge on any atom is -0.464 e. The van der Waals surface area contributed by atoms with Crippen molar-refractivity contribution >= 4 is 23.3 Å². The Morgan fingerprint density at radius 2 is 2.11 bits per heavy atom. The molecule has 0 saturated heterocycles. The molecular weight excluding hydrogens is 254 g/mol. The maximum Gasteiger partial charge on any atom is 0.332 e. The molecule has 1 unspecified atom stereocenters. The number of para-hydroxylation sites is 2.